The summed E-state index contributed by atoms with van der Waals surface area (Å²) in [6.45, 7) is 0. The van der Waals surface area contributed by atoms with Crippen molar-refractivity contribution < 1.29 is 4.42 Å². The summed E-state index contributed by atoms with van der Waals surface area (Å²) in [6, 6.07) is 17.0. The van der Waals surface area contributed by atoms with Gasteiger partial charge in [0.1, 0.15) is 16.3 Å². The molecule has 1 aromatic heterocycles. The third kappa shape index (κ3) is 1.93. The first kappa shape index (κ1) is 13.3. The average molecular weight is 331 g/mol. The molecule has 3 aromatic rings. The second-order valence-corrected chi connectivity index (χ2v) is 6.35. The standard InChI is InChI=1S/C18H9N3O2S/c22-18-12(9-10-5-1-4-8-14(10)23-18)16-21-20-15-11-6-2-3-7-13(11)19-17(15)24-16/h1-9H. The third-order valence-electron chi connectivity index (χ3n) is 3.89. The molecule has 3 heterocycles. The highest BCUT2D eigenvalue weighted by molar-refractivity contribution is 7.17. The summed E-state index contributed by atoms with van der Waals surface area (Å²) in [7, 11) is 0. The van der Waals surface area contributed by atoms with Crippen LogP contribution in [0.15, 0.2) is 63.8 Å². The van der Waals surface area contributed by atoms with Gasteiger partial charge in [0.15, 0.2) is 5.01 Å². The summed E-state index contributed by atoms with van der Waals surface area (Å²) in [4.78, 5) is 16.9. The van der Waals surface area contributed by atoms with Crippen molar-refractivity contribution in [2.75, 3.05) is 0 Å². The van der Waals surface area contributed by atoms with Gasteiger partial charge >= 0.3 is 5.63 Å². The highest BCUT2D eigenvalue weighted by Gasteiger charge is 2.18. The fourth-order valence-electron chi connectivity index (χ4n) is 2.74. The molecule has 0 spiro atoms. The van der Waals surface area contributed by atoms with Crippen molar-refractivity contribution >= 4 is 33.2 Å². The van der Waals surface area contributed by atoms with Crippen molar-refractivity contribution in [3.05, 3.63) is 65.0 Å². The SMILES string of the molecule is O=c1oc2ccccc2cc1-c1nnc2c3ccccc3nc-2s1. The number of hydrogen-bond donors (Lipinski definition) is 0. The molecule has 0 radical (unpaired) electrons. The van der Waals surface area contributed by atoms with Gasteiger partial charge in [0.2, 0.25) is 0 Å². The van der Waals surface area contributed by atoms with E-state index in [0.29, 0.717) is 16.2 Å². The van der Waals surface area contributed by atoms with Gasteiger partial charge in [-0.15, -0.1) is 10.2 Å². The van der Waals surface area contributed by atoms with Crippen LogP contribution in [0.2, 0.25) is 0 Å². The van der Waals surface area contributed by atoms with E-state index in [1.165, 1.54) is 11.3 Å². The van der Waals surface area contributed by atoms with Crippen molar-refractivity contribution in [2.45, 2.75) is 0 Å². The number of rotatable bonds is 1. The van der Waals surface area contributed by atoms with E-state index in [1.54, 1.807) is 12.1 Å². The first-order chi connectivity index (χ1) is 11.8. The molecule has 2 aliphatic rings. The number of fused-ring (bicyclic) bond motifs is 4. The molecule has 0 aliphatic carbocycles. The molecule has 0 atom stereocenters. The van der Waals surface area contributed by atoms with Crippen LogP contribution in [0.5, 0.6) is 0 Å². The smallest absolute Gasteiger partial charge is 0.346 e. The summed E-state index contributed by atoms with van der Waals surface area (Å²) in [6.07, 6.45) is 0. The van der Waals surface area contributed by atoms with Crippen LogP contribution in [0.1, 0.15) is 0 Å². The normalized spacial score (nSPS) is 11.5. The Bertz CT molecular complexity index is 1240. The van der Waals surface area contributed by atoms with Crippen molar-refractivity contribution in [3.8, 4) is 21.3 Å². The van der Waals surface area contributed by atoms with Crippen molar-refractivity contribution in [1.29, 1.82) is 0 Å². The van der Waals surface area contributed by atoms with Crippen LogP contribution >= 0.6 is 11.3 Å². The monoisotopic (exact) mass is 331 g/mol. The molecular weight excluding hydrogens is 322 g/mol. The van der Waals surface area contributed by atoms with Crippen molar-refractivity contribution in [3.63, 3.8) is 0 Å². The second kappa shape index (κ2) is 4.94. The molecule has 0 unspecified atom stereocenters. The van der Waals surface area contributed by atoms with Crippen molar-refractivity contribution in [1.82, 2.24) is 15.2 Å². The Morgan fingerprint density at radius 2 is 1.75 bits per heavy atom. The summed E-state index contributed by atoms with van der Waals surface area (Å²) < 4.78 is 5.38. The predicted octanol–water partition coefficient (Wildman–Crippen LogP) is 3.96. The zero-order chi connectivity index (χ0) is 16.1. The van der Waals surface area contributed by atoms with E-state index < -0.39 is 5.63 Å². The summed E-state index contributed by atoms with van der Waals surface area (Å²) in [5.41, 5.74) is 2.17. The lowest BCUT2D eigenvalue weighted by Crippen LogP contribution is -2.04. The van der Waals surface area contributed by atoms with Crippen LogP contribution in [0, 0.1) is 0 Å². The molecule has 0 amide bonds. The zero-order valence-electron chi connectivity index (χ0n) is 12.3. The Balaban J connectivity index is 1.77. The molecule has 114 valence electrons. The van der Waals surface area contributed by atoms with E-state index in [4.69, 9.17) is 4.42 Å². The lowest BCUT2D eigenvalue weighted by Gasteiger charge is -2.02. The lowest BCUT2D eigenvalue weighted by molar-refractivity contribution is 0.563. The van der Waals surface area contributed by atoms with Gasteiger partial charge in [0.25, 0.3) is 0 Å². The first-order valence-electron chi connectivity index (χ1n) is 7.35. The zero-order valence-corrected chi connectivity index (χ0v) is 13.1. The van der Waals surface area contributed by atoms with Crippen LogP contribution in [-0.2, 0) is 0 Å². The molecule has 0 bridgehead atoms. The number of para-hydroxylation sites is 2. The van der Waals surface area contributed by atoms with Crippen LogP contribution in [0.4, 0.5) is 0 Å². The van der Waals surface area contributed by atoms with Gasteiger partial charge < -0.3 is 4.42 Å². The molecule has 2 aromatic carbocycles. The summed E-state index contributed by atoms with van der Waals surface area (Å²) >= 11 is 1.34. The molecule has 0 fully saturated rings. The third-order valence-corrected chi connectivity index (χ3v) is 4.86. The number of hydrogen-bond acceptors (Lipinski definition) is 6. The maximum Gasteiger partial charge on any atom is 0.346 e. The molecule has 0 N–H and O–H groups in total. The van der Waals surface area contributed by atoms with Gasteiger partial charge in [-0.2, -0.15) is 0 Å². The minimum Gasteiger partial charge on any atom is -0.422 e. The highest BCUT2D eigenvalue weighted by atomic mass is 32.1. The first-order valence-corrected chi connectivity index (χ1v) is 8.16. The lowest BCUT2D eigenvalue weighted by atomic mass is 10.2. The predicted molar refractivity (Wildman–Crippen MR) is 93.3 cm³/mol. The van der Waals surface area contributed by atoms with E-state index >= 15 is 0 Å². The average Bonchev–Trinajstić information content (AvgIpc) is 2.99. The van der Waals surface area contributed by atoms with E-state index in [1.807, 2.05) is 42.5 Å². The van der Waals surface area contributed by atoms with Gasteiger partial charge in [0.05, 0.1) is 11.1 Å². The van der Waals surface area contributed by atoms with E-state index in [-0.39, 0.29) is 0 Å². The van der Waals surface area contributed by atoms with Gasteiger partial charge in [-0.05, 0) is 18.2 Å². The molecule has 2 aliphatic heterocycles. The van der Waals surface area contributed by atoms with Crippen LogP contribution < -0.4 is 5.63 Å². The highest BCUT2D eigenvalue weighted by Crippen LogP contribution is 2.34. The molecule has 5 rings (SSSR count). The Morgan fingerprint density at radius 1 is 0.917 bits per heavy atom. The molecular formula is C18H9N3O2S. The van der Waals surface area contributed by atoms with Crippen LogP contribution in [0.3, 0.4) is 0 Å². The summed E-state index contributed by atoms with van der Waals surface area (Å²) in [5.74, 6) is 0. The minimum atomic E-state index is -0.422. The fraction of sp³-hybridized carbons (Fsp3) is 0. The topological polar surface area (TPSA) is 68.9 Å². The molecule has 0 saturated heterocycles. The van der Waals surface area contributed by atoms with Gasteiger partial charge in [-0.1, -0.05) is 47.7 Å². The second-order valence-electron chi connectivity index (χ2n) is 5.38. The van der Waals surface area contributed by atoms with Gasteiger partial charge in [0, 0.05) is 10.8 Å². The Morgan fingerprint density at radius 3 is 2.71 bits per heavy atom. The van der Waals surface area contributed by atoms with Gasteiger partial charge in [-0.3, -0.25) is 0 Å². The van der Waals surface area contributed by atoms with Crippen LogP contribution in [-0.4, -0.2) is 15.2 Å². The number of nitrogens with zero attached hydrogens (tertiary/aromatic N) is 3. The van der Waals surface area contributed by atoms with E-state index in [2.05, 4.69) is 15.2 Å². The minimum absolute atomic E-state index is 0.403. The van der Waals surface area contributed by atoms with E-state index in [9.17, 15) is 4.79 Å². The van der Waals surface area contributed by atoms with Crippen molar-refractivity contribution in [2.24, 2.45) is 0 Å². The largest absolute Gasteiger partial charge is 0.422 e. The maximum atomic E-state index is 12.3. The maximum absolute atomic E-state index is 12.3. The molecule has 6 heteroatoms. The summed E-state index contributed by atoms with van der Waals surface area (Å²) in [5, 5.41) is 11.6. The van der Waals surface area contributed by atoms with Crippen LogP contribution in [0.25, 0.3) is 43.1 Å². The molecule has 5 nitrogen and oxygen atoms in total. The number of benzene rings is 2. The fourth-order valence-corrected chi connectivity index (χ4v) is 3.65. The molecule has 24 heavy (non-hydrogen) atoms. The Kier molecular flexibility index (Phi) is 2.74. The Hall–Kier alpha value is -3.12. The molecule has 0 saturated carbocycles. The van der Waals surface area contributed by atoms with Gasteiger partial charge in [-0.25, -0.2) is 9.78 Å². The number of aromatic nitrogens is 3. The Labute approximate surface area is 139 Å². The van der Waals surface area contributed by atoms with E-state index in [0.717, 1.165) is 27.0 Å². The quantitative estimate of drug-likeness (QED) is 0.435.